The summed E-state index contributed by atoms with van der Waals surface area (Å²) in [6, 6.07) is 8.81. The number of benzene rings is 1. The minimum absolute atomic E-state index is 0.778. The van der Waals surface area contributed by atoms with Crippen LogP contribution in [0, 0.1) is 0 Å². The minimum atomic E-state index is -1.06. The molecule has 2 rings (SSSR count). The predicted octanol–water partition coefficient (Wildman–Crippen LogP) is 2.92. The molecule has 0 spiro atoms. The second-order valence-electron chi connectivity index (χ2n) is 5.33. The van der Waals surface area contributed by atoms with Crippen molar-refractivity contribution in [3.8, 4) is 0 Å². The van der Waals surface area contributed by atoms with Crippen molar-refractivity contribution in [3.63, 3.8) is 0 Å². The van der Waals surface area contributed by atoms with Gasteiger partial charge < -0.3 is 4.90 Å². The van der Waals surface area contributed by atoms with E-state index in [1.807, 2.05) is 0 Å². The maximum Gasteiger partial charge on any atom is 0.0708 e. The van der Waals surface area contributed by atoms with Crippen molar-refractivity contribution in [3.05, 3.63) is 29.8 Å². The fourth-order valence-electron chi connectivity index (χ4n) is 2.43. The summed E-state index contributed by atoms with van der Waals surface area (Å²) >= 11 is 0. The first-order chi connectivity index (χ1) is 6.50. The largest absolute Gasteiger partial charge is 0.374 e. The molecule has 1 aromatic rings. The first-order valence-electron chi connectivity index (χ1n) is 5.31. The molecule has 1 aromatic carbocycles. The molecule has 1 unspecified atom stereocenters. The van der Waals surface area contributed by atoms with E-state index in [1.165, 1.54) is 17.7 Å². The molecule has 0 saturated heterocycles. The van der Waals surface area contributed by atoms with Crippen molar-refractivity contribution in [2.75, 3.05) is 11.9 Å². The van der Waals surface area contributed by atoms with Gasteiger partial charge in [0.1, 0.15) is 0 Å². The second-order valence-corrected chi connectivity index (χ2v) is 10.7. The molecule has 1 heterocycles. The quantitative estimate of drug-likeness (QED) is 0.637. The fraction of sp³-hybridized carbons (Fsp3) is 0.500. The molecule has 0 radical (unpaired) electrons. The van der Waals surface area contributed by atoms with Crippen LogP contribution in [-0.4, -0.2) is 20.8 Å². The Bertz CT molecular complexity index is 340. The summed E-state index contributed by atoms with van der Waals surface area (Å²) in [5.41, 5.74) is 3.75. The topological polar surface area (TPSA) is 3.24 Å². The van der Waals surface area contributed by atoms with Crippen LogP contribution in [0.15, 0.2) is 24.3 Å². The van der Waals surface area contributed by atoms with Crippen LogP contribution in [0.2, 0.25) is 19.6 Å². The average molecular weight is 205 g/mol. The van der Waals surface area contributed by atoms with Gasteiger partial charge in [0.05, 0.1) is 8.07 Å². The molecule has 1 aliphatic rings. The number of anilines is 1. The number of fused-ring (bicyclic) bond motifs is 1. The smallest absolute Gasteiger partial charge is 0.0708 e. The highest BCUT2D eigenvalue weighted by Crippen LogP contribution is 2.34. The van der Waals surface area contributed by atoms with E-state index in [1.54, 1.807) is 0 Å². The lowest BCUT2D eigenvalue weighted by atomic mass is 10.2. The van der Waals surface area contributed by atoms with Crippen LogP contribution in [-0.2, 0) is 6.42 Å². The van der Waals surface area contributed by atoms with Gasteiger partial charge in [-0.1, -0.05) is 37.8 Å². The first kappa shape index (κ1) is 9.78. The highest BCUT2D eigenvalue weighted by Gasteiger charge is 2.35. The molecule has 0 saturated carbocycles. The van der Waals surface area contributed by atoms with E-state index in [-0.39, 0.29) is 0 Å². The van der Waals surface area contributed by atoms with Gasteiger partial charge in [0.15, 0.2) is 0 Å². The Hall–Kier alpha value is -0.763. The van der Waals surface area contributed by atoms with Crippen LogP contribution >= 0.6 is 0 Å². The van der Waals surface area contributed by atoms with Gasteiger partial charge in [0.2, 0.25) is 0 Å². The molecule has 0 aromatic heterocycles. The summed E-state index contributed by atoms with van der Waals surface area (Å²) in [5.74, 6) is 0. The van der Waals surface area contributed by atoms with E-state index in [0.717, 1.165) is 5.67 Å². The monoisotopic (exact) mass is 205 g/mol. The van der Waals surface area contributed by atoms with Gasteiger partial charge in [-0.05, 0) is 18.1 Å². The van der Waals surface area contributed by atoms with Gasteiger partial charge >= 0.3 is 0 Å². The average Bonchev–Trinajstić information content (AvgIpc) is 2.44. The highest BCUT2D eigenvalue weighted by atomic mass is 28.3. The zero-order chi connectivity index (χ0) is 10.3. The van der Waals surface area contributed by atoms with E-state index in [9.17, 15) is 0 Å². The van der Waals surface area contributed by atoms with Gasteiger partial charge in [0, 0.05) is 18.4 Å². The number of nitrogens with zero attached hydrogens (tertiary/aromatic N) is 1. The van der Waals surface area contributed by atoms with Gasteiger partial charge in [-0.3, -0.25) is 0 Å². The van der Waals surface area contributed by atoms with Crippen LogP contribution in [0.25, 0.3) is 0 Å². The van der Waals surface area contributed by atoms with Crippen molar-refractivity contribution in [2.24, 2.45) is 0 Å². The van der Waals surface area contributed by atoms with Crippen LogP contribution in [0.1, 0.15) is 5.56 Å². The Morgan fingerprint density at radius 3 is 2.43 bits per heavy atom. The SMILES string of the molecule is CN1c2ccccc2CC1[Si](C)(C)C. The summed E-state index contributed by atoms with van der Waals surface area (Å²) < 4.78 is 0. The Morgan fingerprint density at radius 1 is 1.21 bits per heavy atom. The van der Waals surface area contributed by atoms with E-state index in [2.05, 4.69) is 55.9 Å². The third-order valence-corrected chi connectivity index (χ3v) is 5.84. The Morgan fingerprint density at radius 2 is 1.86 bits per heavy atom. The van der Waals surface area contributed by atoms with Crippen molar-refractivity contribution < 1.29 is 0 Å². The first-order valence-corrected chi connectivity index (χ1v) is 8.88. The molecule has 1 nitrogen and oxygen atoms in total. The number of likely N-dealkylation sites (N-methyl/N-ethyl adjacent to an activating group) is 1. The summed E-state index contributed by atoms with van der Waals surface area (Å²) in [4.78, 5) is 2.49. The molecule has 0 amide bonds. The van der Waals surface area contributed by atoms with Crippen molar-refractivity contribution in [1.29, 1.82) is 0 Å². The molecule has 0 aliphatic carbocycles. The van der Waals surface area contributed by atoms with E-state index in [0.29, 0.717) is 0 Å². The molecule has 2 heteroatoms. The molecular formula is C12H19NSi. The van der Waals surface area contributed by atoms with E-state index >= 15 is 0 Å². The summed E-state index contributed by atoms with van der Waals surface area (Å²) in [7, 11) is 1.19. The lowest BCUT2D eigenvalue weighted by Crippen LogP contribution is -2.48. The third kappa shape index (κ3) is 1.48. The summed E-state index contributed by atoms with van der Waals surface area (Å²) in [5, 5.41) is 0. The van der Waals surface area contributed by atoms with Crippen LogP contribution in [0.5, 0.6) is 0 Å². The van der Waals surface area contributed by atoms with E-state index in [4.69, 9.17) is 0 Å². The van der Waals surface area contributed by atoms with Crippen molar-refractivity contribution in [2.45, 2.75) is 31.7 Å². The Balaban J connectivity index is 2.35. The molecule has 76 valence electrons. The molecule has 0 fully saturated rings. The number of rotatable bonds is 1. The molecule has 14 heavy (non-hydrogen) atoms. The molecule has 1 atom stereocenters. The predicted molar refractivity (Wildman–Crippen MR) is 65.7 cm³/mol. The van der Waals surface area contributed by atoms with Crippen LogP contribution in [0.4, 0.5) is 5.69 Å². The molecule has 1 aliphatic heterocycles. The maximum atomic E-state index is 2.49. The van der Waals surface area contributed by atoms with Crippen LogP contribution < -0.4 is 4.90 Å². The number of para-hydroxylation sites is 1. The molecule has 0 N–H and O–H groups in total. The summed E-state index contributed by atoms with van der Waals surface area (Å²) in [6.07, 6.45) is 1.25. The lowest BCUT2D eigenvalue weighted by Gasteiger charge is -2.32. The lowest BCUT2D eigenvalue weighted by molar-refractivity contribution is 0.840. The van der Waals surface area contributed by atoms with Gasteiger partial charge in [-0.2, -0.15) is 0 Å². The number of hydrogen-bond donors (Lipinski definition) is 0. The summed E-state index contributed by atoms with van der Waals surface area (Å²) in [6.45, 7) is 7.38. The standard InChI is InChI=1S/C12H19NSi/c1-13-11-8-6-5-7-10(11)9-12(13)14(2,3)4/h5-8,12H,9H2,1-4H3. The van der Waals surface area contributed by atoms with Crippen molar-refractivity contribution in [1.82, 2.24) is 0 Å². The third-order valence-electron chi connectivity index (χ3n) is 3.25. The maximum absolute atomic E-state index is 2.49. The van der Waals surface area contributed by atoms with Gasteiger partial charge in [-0.25, -0.2) is 0 Å². The van der Waals surface area contributed by atoms with E-state index < -0.39 is 8.07 Å². The molecular weight excluding hydrogens is 186 g/mol. The van der Waals surface area contributed by atoms with Gasteiger partial charge in [0.25, 0.3) is 0 Å². The second kappa shape index (κ2) is 3.12. The minimum Gasteiger partial charge on any atom is -0.374 e. The Labute approximate surface area is 87.8 Å². The Kier molecular flexibility index (Phi) is 2.18. The molecule has 0 bridgehead atoms. The van der Waals surface area contributed by atoms with Crippen molar-refractivity contribution >= 4 is 13.8 Å². The highest BCUT2D eigenvalue weighted by molar-refractivity contribution is 6.78. The normalized spacial score (nSPS) is 21.1. The zero-order valence-corrected chi connectivity index (χ0v) is 10.5. The van der Waals surface area contributed by atoms with Crippen LogP contribution in [0.3, 0.4) is 0 Å². The fourth-order valence-corrected chi connectivity index (χ4v) is 4.56. The zero-order valence-electron chi connectivity index (χ0n) is 9.54. The number of hydrogen-bond acceptors (Lipinski definition) is 1. The van der Waals surface area contributed by atoms with Gasteiger partial charge in [-0.15, -0.1) is 0 Å².